The average Bonchev–Trinajstić information content (AvgIpc) is 2.58. The van der Waals surface area contributed by atoms with E-state index >= 15 is 0 Å². The molecule has 1 atom stereocenters. The van der Waals surface area contributed by atoms with E-state index in [0.29, 0.717) is 30.7 Å². The number of anilines is 1. The van der Waals surface area contributed by atoms with Crippen molar-refractivity contribution in [2.24, 2.45) is 10.9 Å². The average molecular weight is 526 g/mol. The normalized spacial score (nSPS) is 13.0. The number of rotatable bonds is 11. The van der Waals surface area contributed by atoms with E-state index < -0.39 is 10.0 Å². The number of sulfonamides is 1. The van der Waals surface area contributed by atoms with Gasteiger partial charge in [-0.2, -0.15) is 0 Å². The Kier molecular flexibility index (Phi) is 13.5. The van der Waals surface area contributed by atoms with Gasteiger partial charge in [0.15, 0.2) is 5.96 Å². The van der Waals surface area contributed by atoms with Gasteiger partial charge in [0.05, 0.1) is 24.6 Å². The molecule has 0 radical (unpaired) electrons. The number of aliphatic imine (C=N–C) groups is 1. The van der Waals surface area contributed by atoms with Gasteiger partial charge in [-0.05, 0) is 37.8 Å². The van der Waals surface area contributed by atoms with Gasteiger partial charge >= 0.3 is 0 Å². The van der Waals surface area contributed by atoms with E-state index in [0.717, 1.165) is 31.3 Å². The molecule has 1 unspecified atom stereocenters. The number of para-hydroxylation sites is 1. The summed E-state index contributed by atoms with van der Waals surface area (Å²) < 4.78 is 31.4. The zero-order chi connectivity index (χ0) is 20.3. The van der Waals surface area contributed by atoms with Crippen molar-refractivity contribution in [1.82, 2.24) is 10.6 Å². The van der Waals surface area contributed by atoms with Crippen LogP contribution < -0.4 is 15.4 Å². The predicted octanol–water partition coefficient (Wildman–Crippen LogP) is 3.18. The monoisotopic (exact) mass is 526 g/mol. The second-order valence-corrected chi connectivity index (χ2v) is 8.43. The van der Waals surface area contributed by atoms with Crippen molar-refractivity contribution in [3.63, 3.8) is 0 Å². The summed E-state index contributed by atoms with van der Waals surface area (Å²) >= 11 is 0. The molecule has 0 fully saturated rings. The molecule has 0 aliphatic rings. The molecule has 0 saturated carbocycles. The Hall–Kier alpha value is -1.07. The van der Waals surface area contributed by atoms with Crippen LogP contribution >= 0.6 is 24.0 Å². The minimum atomic E-state index is -3.33. The van der Waals surface area contributed by atoms with Crippen LogP contribution in [0.5, 0.6) is 0 Å². The smallest absolute Gasteiger partial charge is 0.229 e. The van der Waals surface area contributed by atoms with Crippen molar-refractivity contribution in [3.05, 3.63) is 29.8 Å². The maximum atomic E-state index is 11.5. The summed E-state index contributed by atoms with van der Waals surface area (Å²) in [5.74, 6) is 1.16. The van der Waals surface area contributed by atoms with Crippen LogP contribution in [0.4, 0.5) is 5.69 Å². The van der Waals surface area contributed by atoms with Crippen LogP contribution in [0.25, 0.3) is 0 Å². The molecule has 0 aromatic heterocycles. The number of nitrogens with one attached hydrogen (secondary N) is 3. The number of hydrogen-bond donors (Lipinski definition) is 3. The first-order valence-corrected chi connectivity index (χ1v) is 11.3. The first-order valence-electron chi connectivity index (χ1n) is 9.46. The fraction of sp³-hybridized carbons (Fsp3) is 0.632. The second-order valence-electron chi connectivity index (χ2n) is 6.68. The van der Waals surface area contributed by atoms with Gasteiger partial charge in [0.1, 0.15) is 0 Å². The third kappa shape index (κ3) is 11.1. The zero-order valence-electron chi connectivity index (χ0n) is 17.5. The molecule has 0 amide bonds. The molecule has 0 saturated heterocycles. The minimum absolute atomic E-state index is 0. The maximum absolute atomic E-state index is 11.5. The van der Waals surface area contributed by atoms with Crippen LogP contribution in [0, 0.1) is 5.92 Å². The van der Waals surface area contributed by atoms with Crippen LogP contribution in [-0.2, 0) is 21.3 Å². The molecule has 9 heteroatoms. The van der Waals surface area contributed by atoms with E-state index in [1.807, 2.05) is 26.0 Å². The highest BCUT2D eigenvalue weighted by atomic mass is 127. The molecule has 1 rings (SSSR count). The summed E-state index contributed by atoms with van der Waals surface area (Å²) in [5, 5.41) is 6.54. The number of halogens is 1. The van der Waals surface area contributed by atoms with Crippen molar-refractivity contribution in [2.45, 2.75) is 46.8 Å². The molecule has 0 bridgehead atoms. The SMILES string of the molecule is CCNC(=NCc1ccccc1NS(C)(=O)=O)NCCC(OCC)C(C)C.I. The fourth-order valence-corrected chi connectivity index (χ4v) is 3.22. The van der Waals surface area contributed by atoms with Gasteiger partial charge in [-0.15, -0.1) is 24.0 Å². The van der Waals surface area contributed by atoms with Gasteiger partial charge in [0.25, 0.3) is 0 Å². The highest BCUT2D eigenvalue weighted by Crippen LogP contribution is 2.17. The maximum Gasteiger partial charge on any atom is 0.229 e. The summed E-state index contributed by atoms with van der Waals surface area (Å²) in [6, 6.07) is 7.27. The third-order valence-electron chi connectivity index (χ3n) is 3.91. The fourth-order valence-electron chi connectivity index (χ4n) is 2.62. The Morgan fingerprint density at radius 2 is 1.86 bits per heavy atom. The van der Waals surface area contributed by atoms with Gasteiger partial charge < -0.3 is 15.4 Å². The van der Waals surface area contributed by atoms with Crippen molar-refractivity contribution in [2.75, 3.05) is 30.7 Å². The van der Waals surface area contributed by atoms with E-state index in [2.05, 4.69) is 34.2 Å². The lowest BCUT2D eigenvalue weighted by atomic mass is 10.0. The quantitative estimate of drug-likeness (QED) is 0.234. The Balaban J connectivity index is 0.00000729. The summed E-state index contributed by atoms with van der Waals surface area (Å²) in [6.45, 7) is 10.9. The lowest BCUT2D eigenvalue weighted by molar-refractivity contribution is 0.0258. The molecule has 0 aliphatic heterocycles. The molecule has 1 aromatic rings. The predicted molar refractivity (Wildman–Crippen MR) is 128 cm³/mol. The second kappa shape index (κ2) is 14.0. The van der Waals surface area contributed by atoms with E-state index in [4.69, 9.17) is 4.74 Å². The highest BCUT2D eigenvalue weighted by Gasteiger charge is 2.13. The number of nitrogens with zero attached hydrogens (tertiary/aromatic N) is 1. The molecule has 0 spiro atoms. The number of hydrogen-bond acceptors (Lipinski definition) is 4. The van der Waals surface area contributed by atoms with Crippen molar-refractivity contribution in [3.8, 4) is 0 Å². The number of benzene rings is 1. The summed E-state index contributed by atoms with van der Waals surface area (Å²) in [4.78, 5) is 4.58. The van der Waals surface area contributed by atoms with Gasteiger partial charge in [0, 0.05) is 19.7 Å². The van der Waals surface area contributed by atoms with E-state index in [1.165, 1.54) is 0 Å². The molecular formula is C19H35IN4O3S. The highest BCUT2D eigenvalue weighted by molar-refractivity contribution is 14.0. The van der Waals surface area contributed by atoms with Crippen LogP contribution in [0.2, 0.25) is 0 Å². The largest absolute Gasteiger partial charge is 0.378 e. The van der Waals surface area contributed by atoms with E-state index in [9.17, 15) is 8.42 Å². The molecule has 162 valence electrons. The van der Waals surface area contributed by atoms with E-state index in [1.54, 1.807) is 12.1 Å². The van der Waals surface area contributed by atoms with Crippen molar-refractivity contribution < 1.29 is 13.2 Å². The standard InChI is InChI=1S/C19H34N4O3S.HI/c1-6-20-19(21-13-12-18(15(3)4)26-7-2)22-14-16-10-8-9-11-17(16)23-27(5,24)25;/h8-11,15,18,23H,6-7,12-14H2,1-5H3,(H2,20,21,22);1H. The first kappa shape index (κ1) is 26.9. The van der Waals surface area contributed by atoms with Crippen LogP contribution in [-0.4, -0.2) is 46.4 Å². The first-order chi connectivity index (χ1) is 12.8. The van der Waals surface area contributed by atoms with Crippen molar-refractivity contribution in [1.29, 1.82) is 0 Å². The summed E-state index contributed by atoms with van der Waals surface area (Å²) in [5.41, 5.74) is 1.37. The summed E-state index contributed by atoms with van der Waals surface area (Å²) in [7, 11) is -3.33. The Bertz CT molecular complexity index is 696. The van der Waals surface area contributed by atoms with Gasteiger partial charge in [0.2, 0.25) is 10.0 Å². The molecule has 7 nitrogen and oxygen atoms in total. The molecule has 28 heavy (non-hydrogen) atoms. The lowest BCUT2D eigenvalue weighted by Gasteiger charge is -2.21. The van der Waals surface area contributed by atoms with Gasteiger partial charge in [-0.1, -0.05) is 32.0 Å². The van der Waals surface area contributed by atoms with E-state index in [-0.39, 0.29) is 30.1 Å². The van der Waals surface area contributed by atoms with Crippen LogP contribution in [0.1, 0.15) is 39.7 Å². The molecule has 0 heterocycles. The topological polar surface area (TPSA) is 91.8 Å². The lowest BCUT2D eigenvalue weighted by Crippen LogP contribution is -2.39. The molecule has 0 aliphatic carbocycles. The van der Waals surface area contributed by atoms with Crippen LogP contribution in [0.3, 0.4) is 0 Å². The molecule has 3 N–H and O–H groups in total. The summed E-state index contributed by atoms with van der Waals surface area (Å²) in [6.07, 6.45) is 2.25. The minimum Gasteiger partial charge on any atom is -0.378 e. The Morgan fingerprint density at radius 3 is 2.43 bits per heavy atom. The third-order valence-corrected chi connectivity index (χ3v) is 4.50. The number of ether oxygens (including phenoxy) is 1. The van der Waals surface area contributed by atoms with Gasteiger partial charge in [-0.3, -0.25) is 4.72 Å². The Labute approximate surface area is 187 Å². The van der Waals surface area contributed by atoms with Crippen molar-refractivity contribution >= 4 is 45.6 Å². The van der Waals surface area contributed by atoms with Crippen LogP contribution in [0.15, 0.2) is 29.3 Å². The molecule has 1 aromatic carbocycles. The van der Waals surface area contributed by atoms with Gasteiger partial charge in [-0.25, -0.2) is 13.4 Å². The number of guanidine groups is 1. The Morgan fingerprint density at radius 1 is 1.18 bits per heavy atom. The molecular weight excluding hydrogens is 491 g/mol. The zero-order valence-corrected chi connectivity index (χ0v) is 20.6.